The van der Waals surface area contributed by atoms with Gasteiger partial charge >= 0.3 is 5.97 Å². The molecule has 170 valence electrons. The quantitative estimate of drug-likeness (QED) is 0.505. The van der Waals surface area contributed by atoms with Crippen LogP contribution in [0.2, 0.25) is 5.02 Å². The molecule has 3 aromatic carbocycles. The van der Waals surface area contributed by atoms with Crippen LogP contribution in [-0.2, 0) is 14.8 Å². The number of carboxylic acid groups (broad SMARTS) is 1. The second-order valence-corrected chi connectivity index (χ2v) is 10.1. The van der Waals surface area contributed by atoms with Gasteiger partial charge in [-0.25, -0.2) is 17.6 Å². The van der Waals surface area contributed by atoms with Crippen LogP contribution in [0, 0.1) is 12.7 Å². The molecule has 1 heterocycles. The molecule has 1 N–H and O–H groups in total. The highest BCUT2D eigenvalue weighted by molar-refractivity contribution is 7.89. The molecule has 0 saturated carbocycles. The van der Waals surface area contributed by atoms with Crippen molar-refractivity contribution in [3.63, 3.8) is 0 Å². The highest BCUT2D eigenvalue weighted by Crippen LogP contribution is 2.45. The van der Waals surface area contributed by atoms with E-state index in [1.165, 1.54) is 52.8 Å². The van der Waals surface area contributed by atoms with Gasteiger partial charge in [-0.15, -0.1) is 0 Å². The third-order valence-corrected chi connectivity index (χ3v) is 7.84. The molecule has 0 unspecified atom stereocenters. The predicted octanol–water partition coefficient (Wildman–Crippen LogP) is 5.68. The number of aliphatic carboxylic acids is 1. The Morgan fingerprint density at radius 3 is 2.12 bits per heavy atom. The summed E-state index contributed by atoms with van der Waals surface area (Å²) in [6.45, 7) is 1.93. The van der Waals surface area contributed by atoms with E-state index in [4.69, 9.17) is 11.6 Å². The summed E-state index contributed by atoms with van der Waals surface area (Å²) in [5, 5.41) is 10.3. The molecule has 1 aliphatic heterocycles. The van der Waals surface area contributed by atoms with Gasteiger partial charge in [0.15, 0.2) is 0 Å². The van der Waals surface area contributed by atoms with Crippen molar-refractivity contribution in [1.82, 2.24) is 4.31 Å². The summed E-state index contributed by atoms with van der Waals surface area (Å²) in [5.41, 5.74) is 2.02. The van der Waals surface area contributed by atoms with Gasteiger partial charge in [-0.1, -0.05) is 59.6 Å². The second kappa shape index (κ2) is 9.09. The van der Waals surface area contributed by atoms with Crippen molar-refractivity contribution in [2.24, 2.45) is 0 Å². The average Bonchev–Trinajstić information content (AvgIpc) is 2.79. The van der Waals surface area contributed by atoms with Gasteiger partial charge in [-0.2, -0.15) is 4.31 Å². The summed E-state index contributed by atoms with van der Waals surface area (Å²) < 4.78 is 42.8. The molecular weight excluding hydrogens is 465 g/mol. The average molecular weight is 486 g/mol. The Morgan fingerprint density at radius 1 is 0.970 bits per heavy atom. The zero-order valence-corrected chi connectivity index (χ0v) is 19.2. The van der Waals surface area contributed by atoms with E-state index >= 15 is 0 Å². The van der Waals surface area contributed by atoms with Crippen LogP contribution in [0.3, 0.4) is 0 Å². The molecule has 0 fully saturated rings. The maximum absolute atomic E-state index is 14.0. The molecule has 0 aromatic heterocycles. The molecule has 2 atom stereocenters. The lowest BCUT2D eigenvalue weighted by Crippen LogP contribution is -2.42. The van der Waals surface area contributed by atoms with Crippen molar-refractivity contribution in [3.8, 4) is 0 Å². The first-order chi connectivity index (χ1) is 15.7. The van der Waals surface area contributed by atoms with Gasteiger partial charge in [-0.05, 0) is 60.9 Å². The fraction of sp³-hybridized carbons (Fsp3) is 0.160. The monoisotopic (exact) mass is 485 g/mol. The van der Waals surface area contributed by atoms with Gasteiger partial charge in [0.05, 0.1) is 22.6 Å². The molecule has 8 heteroatoms. The number of nitrogens with zero attached hydrogens (tertiary/aromatic N) is 1. The minimum Gasteiger partial charge on any atom is -0.478 e. The normalized spacial score (nSPS) is 19.2. The summed E-state index contributed by atoms with van der Waals surface area (Å²) >= 11 is 5.96. The van der Waals surface area contributed by atoms with E-state index in [-0.39, 0.29) is 16.9 Å². The molecular formula is C25H21ClFNO4S. The van der Waals surface area contributed by atoms with Gasteiger partial charge in [0.2, 0.25) is 10.0 Å². The van der Waals surface area contributed by atoms with E-state index < -0.39 is 33.9 Å². The fourth-order valence-corrected chi connectivity index (χ4v) is 5.96. The maximum atomic E-state index is 14.0. The van der Waals surface area contributed by atoms with E-state index in [1.807, 2.05) is 31.2 Å². The summed E-state index contributed by atoms with van der Waals surface area (Å²) in [5.74, 6) is -1.74. The third-order valence-electron chi connectivity index (χ3n) is 5.70. The molecule has 0 saturated heterocycles. The number of hydrogen-bond acceptors (Lipinski definition) is 3. The lowest BCUT2D eigenvalue weighted by molar-refractivity contribution is -0.133. The zero-order chi connectivity index (χ0) is 23.8. The number of halogens is 2. The summed E-state index contributed by atoms with van der Waals surface area (Å²) in [4.78, 5) is 12.2. The fourth-order valence-electron chi connectivity index (χ4n) is 4.05. The molecule has 0 spiro atoms. The van der Waals surface area contributed by atoms with Crippen molar-refractivity contribution >= 4 is 27.6 Å². The van der Waals surface area contributed by atoms with Gasteiger partial charge in [0.25, 0.3) is 0 Å². The third kappa shape index (κ3) is 4.57. The standard InChI is InChI=1S/C25H21ClFNO4S/c1-16-2-4-17(5-3-16)23-15-14-22(25(29)30)24(18-6-10-20(27)11-7-18)28(23)33(31,32)21-12-8-19(26)9-13-21/h2-14,23-24H,15H2,1H3,(H,29,30)/t23-,24-/m0/s1. The predicted molar refractivity (Wildman–Crippen MR) is 124 cm³/mol. The highest BCUT2D eigenvalue weighted by Gasteiger charge is 2.44. The Morgan fingerprint density at radius 2 is 1.55 bits per heavy atom. The molecule has 0 aliphatic carbocycles. The minimum absolute atomic E-state index is 0.0113. The van der Waals surface area contributed by atoms with E-state index in [0.717, 1.165) is 11.1 Å². The Labute approximate surface area is 196 Å². The van der Waals surface area contributed by atoms with E-state index in [9.17, 15) is 22.7 Å². The van der Waals surface area contributed by atoms with Crippen LogP contribution in [-0.4, -0.2) is 23.8 Å². The van der Waals surface area contributed by atoms with E-state index in [1.54, 1.807) is 6.08 Å². The van der Waals surface area contributed by atoms with Gasteiger partial charge in [0.1, 0.15) is 5.82 Å². The number of sulfonamides is 1. The largest absolute Gasteiger partial charge is 0.478 e. The Hall–Kier alpha value is -3.00. The maximum Gasteiger partial charge on any atom is 0.333 e. The summed E-state index contributed by atoms with van der Waals surface area (Å²) in [6, 6.07) is 16.6. The van der Waals surface area contributed by atoms with Gasteiger partial charge in [-0.3, -0.25) is 0 Å². The van der Waals surface area contributed by atoms with E-state index in [2.05, 4.69) is 0 Å². The Bertz CT molecular complexity index is 1300. The van der Waals surface area contributed by atoms with Gasteiger partial charge < -0.3 is 5.11 Å². The molecule has 5 nitrogen and oxygen atoms in total. The number of aryl methyl sites for hydroxylation is 1. The van der Waals surface area contributed by atoms with Crippen molar-refractivity contribution < 1.29 is 22.7 Å². The van der Waals surface area contributed by atoms with Crippen LogP contribution in [0.15, 0.2) is 89.3 Å². The number of carboxylic acids is 1. The molecule has 0 bridgehead atoms. The molecule has 1 aliphatic rings. The van der Waals surface area contributed by atoms with Crippen LogP contribution in [0.5, 0.6) is 0 Å². The van der Waals surface area contributed by atoms with Crippen LogP contribution in [0.4, 0.5) is 4.39 Å². The summed E-state index contributed by atoms with van der Waals surface area (Å²) in [6.07, 6.45) is 1.73. The first-order valence-corrected chi connectivity index (χ1v) is 12.0. The van der Waals surface area contributed by atoms with Crippen LogP contribution >= 0.6 is 11.6 Å². The van der Waals surface area contributed by atoms with E-state index in [0.29, 0.717) is 10.6 Å². The van der Waals surface area contributed by atoms with Crippen molar-refractivity contribution in [1.29, 1.82) is 0 Å². The van der Waals surface area contributed by atoms with Crippen LogP contribution in [0.25, 0.3) is 0 Å². The van der Waals surface area contributed by atoms with Crippen molar-refractivity contribution in [3.05, 3.63) is 112 Å². The number of rotatable bonds is 5. The molecule has 3 aromatic rings. The number of carbonyl (C=O) groups is 1. The lowest BCUT2D eigenvalue weighted by Gasteiger charge is -2.40. The summed E-state index contributed by atoms with van der Waals surface area (Å²) in [7, 11) is -4.18. The van der Waals surface area contributed by atoms with Crippen molar-refractivity contribution in [2.75, 3.05) is 0 Å². The van der Waals surface area contributed by atoms with Crippen LogP contribution < -0.4 is 0 Å². The Balaban J connectivity index is 1.96. The minimum atomic E-state index is -4.18. The van der Waals surface area contributed by atoms with Gasteiger partial charge in [0, 0.05) is 5.02 Å². The zero-order valence-electron chi connectivity index (χ0n) is 17.7. The second-order valence-electron chi connectivity index (χ2n) is 7.87. The molecule has 0 amide bonds. The lowest BCUT2D eigenvalue weighted by atomic mass is 9.89. The SMILES string of the molecule is Cc1ccc([C@@H]2CC=C(C(=O)O)[C@H](c3ccc(F)cc3)N2S(=O)(=O)c2ccc(Cl)cc2)cc1. The molecule has 33 heavy (non-hydrogen) atoms. The van der Waals surface area contributed by atoms with Crippen LogP contribution in [0.1, 0.15) is 35.2 Å². The molecule has 4 rings (SSSR count). The van der Waals surface area contributed by atoms with Crippen molar-refractivity contribution in [2.45, 2.75) is 30.3 Å². The first-order valence-electron chi connectivity index (χ1n) is 10.2. The highest BCUT2D eigenvalue weighted by atomic mass is 35.5. The number of hydrogen-bond donors (Lipinski definition) is 1. The molecule has 0 radical (unpaired) electrons. The topological polar surface area (TPSA) is 74.7 Å². The first kappa shape index (κ1) is 23.2. The number of benzene rings is 3. The smallest absolute Gasteiger partial charge is 0.333 e. The Kier molecular flexibility index (Phi) is 6.38.